The molecule has 1 N–H and O–H groups in total. The average molecular weight is 359 g/mol. The summed E-state index contributed by atoms with van der Waals surface area (Å²) in [5, 5.41) is 13.7. The highest BCUT2D eigenvalue weighted by Gasteiger charge is 2.19. The molecule has 124 valence electrons. The van der Waals surface area contributed by atoms with Gasteiger partial charge in [-0.05, 0) is 26.8 Å². The molecule has 0 saturated carbocycles. The first-order chi connectivity index (χ1) is 10.7. The molecule has 0 aliphatic heterocycles. The number of aromatic nitrogens is 2. The summed E-state index contributed by atoms with van der Waals surface area (Å²) in [7, 11) is 1.75. The summed E-state index contributed by atoms with van der Waals surface area (Å²) in [6.45, 7) is 5.16. The van der Waals surface area contributed by atoms with Crippen molar-refractivity contribution in [3.05, 3.63) is 33.4 Å². The maximum absolute atomic E-state index is 10.9. The van der Waals surface area contributed by atoms with E-state index in [-0.39, 0.29) is 15.8 Å². The molecule has 8 heteroatoms. The Labute approximate surface area is 143 Å². The van der Waals surface area contributed by atoms with Crippen molar-refractivity contribution in [3.8, 4) is 17.4 Å². The lowest BCUT2D eigenvalue weighted by atomic mass is 10.3. The van der Waals surface area contributed by atoms with Gasteiger partial charge in [-0.3, -0.25) is 0 Å². The van der Waals surface area contributed by atoms with Crippen LogP contribution in [0.4, 0.5) is 0 Å². The molecule has 1 aromatic carbocycles. The molecule has 6 nitrogen and oxygen atoms in total. The monoisotopic (exact) mass is 358 g/mol. The molecule has 1 aromatic heterocycles. The van der Waals surface area contributed by atoms with Crippen LogP contribution in [-0.4, -0.2) is 27.0 Å². The third-order valence-electron chi connectivity index (χ3n) is 3.30. The van der Waals surface area contributed by atoms with Gasteiger partial charge in [-0.1, -0.05) is 23.2 Å². The summed E-state index contributed by atoms with van der Waals surface area (Å²) in [6, 6.07) is 2.91. The smallest absolute Gasteiger partial charge is 0.344 e. The maximum atomic E-state index is 10.9. The molecule has 0 amide bonds. The molecular formula is C15H16Cl2N2O4. The van der Waals surface area contributed by atoms with E-state index in [1.807, 2.05) is 13.8 Å². The minimum atomic E-state index is -1.10. The van der Waals surface area contributed by atoms with Crippen LogP contribution in [0.5, 0.6) is 17.4 Å². The Hall–Kier alpha value is -1.92. The number of aryl methyl sites for hydroxylation is 2. The van der Waals surface area contributed by atoms with E-state index in [0.717, 1.165) is 11.3 Å². The maximum Gasteiger partial charge on any atom is 0.344 e. The van der Waals surface area contributed by atoms with Gasteiger partial charge in [0.15, 0.2) is 11.9 Å². The van der Waals surface area contributed by atoms with Crippen molar-refractivity contribution in [2.24, 2.45) is 7.05 Å². The van der Waals surface area contributed by atoms with E-state index in [9.17, 15) is 4.79 Å². The Morgan fingerprint density at radius 3 is 2.39 bits per heavy atom. The first kappa shape index (κ1) is 17.4. The van der Waals surface area contributed by atoms with Gasteiger partial charge in [0.1, 0.15) is 5.75 Å². The molecule has 0 saturated heterocycles. The number of ether oxygens (including phenoxy) is 2. The number of nitrogens with zero attached hydrogens (tertiary/aromatic N) is 2. The highest BCUT2D eigenvalue weighted by atomic mass is 35.5. The van der Waals surface area contributed by atoms with Crippen LogP contribution in [0, 0.1) is 13.8 Å². The Bertz CT molecular complexity index is 758. The average Bonchev–Trinajstić information content (AvgIpc) is 2.69. The molecule has 0 fully saturated rings. The van der Waals surface area contributed by atoms with E-state index < -0.39 is 12.1 Å². The standard InChI is InChI=1S/C15H16Cl2N2O4/c1-7-8(2)18-19(4)14(7)23-13-6-12(10(16)5-11(13)17)22-9(3)15(20)21/h5-6,9H,1-4H3,(H,20,21). The molecule has 0 aliphatic carbocycles. The van der Waals surface area contributed by atoms with Crippen LogP contribution in [0.25, 0.3) is 0 Å². The van der Waals surface area contributed by atoms with Gasteiger partial charge in [0.05, 0.1) is 15.7 Å². The second-order valence-electron chi connectivity index (χ2n) is 5.05. The minimum absolute atomic E-state index is 0.178. The van der Waals surface area contributed by atoms with E-state index in [0.29, 0.717) is 11.6 Å². The molecule has 23 heavy (non-hydrogen) atoms. The SMILES string of the molecule is Cc1nn(C)c(Oc2cc(OC(C)C(=O)O)c(Cl)cc2Cl)c1C. The van der Waals surface area contributed by atoms with Crippen LogP contribution >= 0.6 is 23.2 Å². The van der Waals surface area contributed by atoms with Crippen LogP contribution in [0.2, 0.25) is 10.0 Å². The van der Waals surface area contributed by atoms with Crippen molar-refractivity contribution < 1.29 is 19.4 Å². The zero-order valence-corrected chi connectivity index (χ0v) is 14.6. The van der Waals surface area contributed by atoms with Gasteiger partial charge in [-0.2, -0.15) is 5.10 Å². The lowest BCUT2D eigenvalue weighted by Crippen LogP contribution is -2.23. The summed E-state index contributed by atoms with van der Waals surface area (Å²) < 4.78 is 12.7. The van der Waals surface area contributed by atoms with Crippen LogP contribution in [0.15, 0.2) is 12.1 Å². The number of hydrogen-bond donors (Lipinski definition) is 1. The third kappa shape index (κ3) is 3.71. The Morgan fingerprint density at radius 1 is 1.26 bits per heavy atom. The number of aliphatic carboxylic acids is 1. The summed E-state index contributed by atoms with van der Waals surface area (Å²) in [4.78, 5) is 10.9. The second kappa shape index (κ2) is 6.68. The van der Waals surface area contributed by atoms with Gasteiger partial charge in [0, 0.05) is 18.7 Å². The molecule has 1 unspecified atom stereocenters. The molecule has 0 spiro atoms. The first-order valence-corrected chi connectivity index (χ1v) is 7.52. The van der Waals surface area contributed by atoms with Crippen molar-refractivity contribution in [2.45, 2.75) is 26.9 Å². The summed E-state index contributed by atoms with van der Waals surface area (Å²) in [6.07, 6.45) is -1.05. The number of halogens is 2. The van der Waals surface area contributed by atoms with E-state index in [4.69, 9.17) is 37.8 Å². The van der Waals surface area contributed by atoms with Crippen LogP contribution in [0.3, 0.4) is 0 Å². The predicted molar refractivity (Wildman–Crippen MR) is 86.9 cm³/mol. The van der Waals surface area contributed by atoms with Crippen LogP contribution in [0.1, 0.15) is 18.2 Å². The van der Waals surface area contributed by atoms with Crippen LogP contribution in [-0.2, 0) is 11.8 Å². The van der Waals surface area contributed by atoms with Gasteiger partial charge < -0.3 is 14.6 Å². The Balaban J connectivity index is 2.37. The summed E-state index contributed by atoms with van der Waals surface area (Å²) in [5.74, 6) is -0.0900. The number of carboxylic acids is 1. The minimum Gasteiger partial charge on any atom is -0.479 e. The predicted octanol–water partition coefficient (Wildman–Crippen LogP) is 3.99. The lowest BCUT2D eigenvalue weighted by Gasteiger charge is -2.15. The molecule has 0 radical (unpaired) electrons. The van der Waals surface area contributed by atoms with Gasteiger partial charge >= 0.3 is 5.97 Å². The zero-order chi connectivity index (χ0) is 17.3. The summed E-state index contributed by atoms with van der Waals surface area (Å²) in [5.41, 5.74) is 1.71. The molecule has 1 heterocycles. The van der Waals surface area contributed by atoms with E-state index in [2.05, 4.69) is 5.10 Å². The Kier molecular flexibility index (Phi) is 5.06. The fraction of sp³-hybridized carbons (Fsp3) is 0.333. The molecule has 0 aliphatic rings. The molecular weight excluding hydrogens is 343 g/mol. The number of hydrogen-bond acceptors (Lipinski definition) is 4. The van der Waals surface area contributed by atoms with E-state index in [1.54, 1.807) is 11.7 Å². The highest BCUT2D eigenvalue weighted by molar-refractivity contribution is 6.36. The normalized spacial score (nSPS) is 12.1. The van der Waals surface area contributed by atoms with Gasteiger partial charge in [0.2, 0.25) is 5.88 Å². The van der Waals surface area contributed by atoms with Crippen molar-refractivity contribution in [3.63, 3.8) is 0 Å². The zero-order valence-electron chi connectivity index (χ0n) is 13.1. The Morgan fingerprint density at radius 2 is 1.87 bits per heavy atom. The van der Waals surface area contributed by atoms with Crippen molar-refractivity contribution in [1.29, 1.82) is 0 Å². The molecule has 0 bridgehead atoms. The second-order valence-corrected chi connectivity index (χ2v) is 5.87. The quantitative estimate of drug-likeness (QED) is 0.874. The number of benzene rings is 1. The molecule has 2 aromatic rings. The van der Waals surface area contributed by atoms with Crippen LogP contribution < -0.4 is 9.47 Å². The highest BCUT2D eigenvalue weighted by Crippen LogP contribution is 2.39. The van der Waals surface area contributed by atoms with Crippen molar-refractivity contribution >= 4 is 29.2 Å². The largest absolute Gasteiger partial charge is 0.479 e. The fourth-order valence-electron chi connectivity index (χ4n) is 1.91. The third-order valence-corrected chi connectivity index (χ3v) is 3.89. The van der Waals surface area contributed by atoms with Gasteiger partial charge in [0.25, 0.3) is 0 Å². The van der Waals surface area contributed by atoms with Gasteiger partial charge in [-0.15, -0.1) is 0 Å². The summed E-state index contributed by atoms with van der Waals surface area (Å²) >= 11 is 12.2. The molecule has 1 atom stereocenters. The fourth-order valence-corrected chi connectivity index (χ4v) is 2.38. The molecule has 2 rings (SSSR count). The van der Waals surface area contributed by atoms with E-state index in [1.165, 1.54) is 19.1 Å². The topological polar surface area (TPSA) is 73.6 Å². The van der Waals surface area contributed by atoms with Gasteiger partial charge in [-0.25, -0.2) is 9.48 Å². The lowest BCUT2D eigenvalue weighted by molar-refractivity contribution is -0.144. The number of carbonyl (C=O) groups is 1. The van der Waals surface area contributed by atoms with Crippen molar-refractivity contribution in [1.82, 2.24) is 9.78 Å². The number of rotatable bonds is 5. The van der Waals surface area contributed by atoms with Crippen molar-refractivity contribution in [2.75, 3.05) is 0 Å². The number of carboxylic acid groups (broad SMARTS) is 1. The first-order valence-electron chi connectivity index (χ1n) is 6.77. The van der Waals surface area contributed by atoms with E-state index >= 15 is 0 Å².